The molecule has 0 aromatic heterocycles. The van der Waals surface area contributed by atoms with Gasteiger partial charge in [-0.2, -0.15) is 0 Å². The topological polar surface area (TPSA) is 52.3 Å². The molecule has 1 rings (SSSR count). The molecule has 0 radical (unpaired) electrons. The van der Waals surface area contributed by atoms with Crippen molar-refractivity contribution in [3.8, 4) is 0 Å². The summed E-state index contributed by atoms with van der Waals surface area (Å²) in [5.41, 5.74) is 5.53. The normalized spacial score (nSPS) is 30.6. The summed E-state index contributed by atoms with van der Waals surface area (Å²) in [6.45, 7) is 8.31. The lowest BCUT2D eigenvalue weighted by atomic mass is 9.75. The monoisotopic (exact) mass is 263 g/mol. The van der Waals surface area contributed by atoms with E-state index in [0.29, 0.717) is 17.8 Å². The molecule has 0 aliphatic heterocycles. The van der Waals surface area contributed by atoms with Gasteiger partial charge in [-0.05, 0) is 37.5 Å². The maximum absolute atomic E-state index is 11.5. The summed E-state index contributed by atoms with van der Waals surface area (Å²) in [4.78, 5) is 11.5. The van der Waals surface area contributed by atoms with Gasteiger partial charge < -0.3 is 10.5 Å². The molecule has 0 aromatic carbocycles. The van der Waals surface area contributed by atoms with Gasteiger partial charge in [-0.25, -0.2) is 0 Å². The Labute approximate surface area is 111 Å². The van der Waals surface area contributed by atoms with Crippen LogP contribution in [0.5, 0.6) is 0 Å². The van der Waals surface area contributed by atoms with Gasteiger partial charge in [0, 0.05) is 0 Å². The molecule has 0 spiro atoms. The first kappa shape index (κ1) is 16.7. The second kappa shape index (κ2) is 7.22. The van der Waals surface area contributed by atoms with Crippen LogP contribution in [0.15, 0.2) is 0 Å². The van der Waals surface area contributed by atoms with E-state index in [0.717, 1.165) is 12.8 Å². The van der Waals surface area contributed by atoms with Gasteiger partial charge in [0.15, 0.2) is 0 Å². The fourth-order valence-electron chi connectivity index (χ4n) is 2.51. The minimum atomic E-state index is -0.509. The Morgan fingerprint density at radius 3 is 2.35 bits per heavy atom. The SMILES string of the molecule is CC1CCC(C(C)C)C(OC(=O)[C@@H](C)N)C1.Cl. The fourth-order valence-corrected chi connectivity index (χ4v) is 2.51. The molecule has 102 valence electrons. The fraction of sp³-hybridized carbons (Fsp3) is 0.923. The van der Waals surface area contributed by atoms with Gasteiger partial charge in [-0.3, -0.25) is 4.79 Å². The Bertz CT molecular complexity index is 244. The number of carbonyl (C=O) groups excluding carboxylic acids is 1. The minimum absolute atomic E-state index is 0. The second-order valence-corrected chi connectivity index (χ2v) is 5.59. The zero-order chi connectivity index (χ0) is 12.3. The van der Waals surface area contributed by atoms with Crippen LogP contribution in [0.4, 0.5) is 0 Å². The van der Waals surface area contributed by atoms with Crippen molar-refractivity contribution in [1.29, 1.82) is 0 Å². The van der Waals surface area contributed by atoms with Crippen LogP contribution in [0.25, 0.3) is 0 Å². The summed E-state index contributed by atoms with van der Waals surface area (Å²) in [5, 5.41) is 0. The summed E-state index contributed by atoms with van der Waals surface area (Å²) in [6, 6.07) is -0.509. The van der Waals surface area contributed by atoms with Gasteiger partial charge in [-0.1, -0.05) is 27.2 Å². The predicted octanol–water partition coefficient (Wildman–Crippen LogP) is 2.76. The Kier molecular flexibility index (Phi) is 7.10. The number of halogens is 1. The molecule has 0 bridgehead atoms. The summed E-state index contributed by atoms with van der Waals surface area (Å²) in [6.07, 6.45) is 3.47. The average molecular weight is 264 g/mol. The summed E-state index contributed by atoms with van der Waals surface area (Å²) in [7, 11) is 0. The molecular formula is C13H26ClNO2. The highest BCUT2D eigenvalue weighted by Crippen LogP contribution is 2.35. The Morgan fingerprint density at radius 1 is 1.29 bits per heavy atom. The Hall–Kier alpha value is -0.280. The third kappa shape index (κ3) is 4.84. The maximum Gasteiger partial charge on any atom is 0.322 e. The molecule has 4 heteroatoms. The maximum atomic E-state index is 11.5. The highest BCUT2D eigenvalue weighted by Gasteiger charge is 2.33. The van der Waals surface area contributed by atoms with Crippen molar-refractivity contribution in [2.75, 3.05) is 0 Å². The molecule has 0 heterocycles. The van der Waals surface area contributed by atoms with E-state index in [1.807, 2.05) is 0 Å². The van der Waals surface area contributed by atoms with E-state index in [1.54, 1.807) is 6.92 Å². The third-order valence-corrected chi connectivity index (χ3v) is 3.60. The van der Waals surface area contributed by atoms with Crippen molar-refractivity contribution >= 4 is 18.4 Å². The molecular weight excluding hydrogens is 238 g/mol. The van der Waals surface area contributed by atoms with Crippen molar-refractivity contribution in [3.05, 3.63) is 0 Å². The van der Waals surface area contributed by atoms with Gasteiger partial charge in [-0.15, -0.1) is 12.4 Å². The highest BCUT2D eigenvalue weighted by atomic mass is 35.5. The van der Waals surface area contributed by atoms with Gasteiger partial charge in [0.25, 0.3) is 0 Å². The van der Waals surface area contributed by atoms with E-state index in [2.05, 4.69) is 20.8 Å². The van der Waals surface area contributed by atoms with E-state index >= 15 is 0 Å². The molecule has 0 amide bonds. The Balaban J connectivity index is 0.00000256. The van der Waals surface area contributed by atoms with E-state index in [9.17, 15) is 4.79 Å². The molecule has 4 atom stereocenters. The van der Waals surface area contributed by atoms with Crippen LogP contribution in [-0.2, 0) is 9.53 Å². The van der Waals surface area contributed by atoms with Crippen molar-refractivity contribution < 1.29 is 9.53 Å². The molecule has 2 N–H and O–H groups in total. The smallest absolute Gasteiger partial charge is 0.322 e. The molecule has 1 fully saturated rings. The number of hydrogen-bond donors (Lipinski definition) is 1. The van der Waals surface area contributed by atoms with Crippen LogP contribution in [0.3, 0.4) is 0 Å². The van der Waals surface area contributed by atoms with Crippen LogP contribution in [-0.4, -0.2) is 18.1 Å². The standard InChI is InChI=1S/C13H25NO2.ClH/c1-8(2)11-6-5-9(3)7-12(11)16-13(15)10(4)14;/h8-12H,5-7,14H2,1-4H3;1H/t9?,10-,11?,12?;/m1./s1. The molecule has 3 unspecified atom stereocenters. The van der Waals surface area contributed by atoms with Crippen LogP contribution in [0.2, 0.25) is 0 Å². The van der Waals surface area contributed by atoms with Gasteiger partial charge >= 0.3 is 5.97 Å². The predicted molar refractivity (Wildman–Crippen MR) is 72.1 cm³/mol. The lowest BCUT2D eigenvalue weighted by Crippen LogP contribution is -2.39. The number of carbonyl (C=O) groups is 1. The number of rotatable bonds is 3. The molecule has 0 aromatic rings. The quantitative estimate of drug-likeness (QED) is 0.797. The first-order valence-electron chi connectivity index (χ1n) is 6.38. The van der Waals surface area contributed by atoms with Crippen molar-refractivity contribution in [3.63, 3.8) is 0 Å². The van der Waals surface area contributed by atoms with Crippen molar-refractivity contribution in [2.45, 2.75) is 59.1 Å². The summed E-state index contributed by atoms with van der Waals surface area (Å²) < 4.78 is 5.53. The first-order chi connectivity index (χ1) is 7.41. The first-order valence-corrected chi connectivity index (χ1v) is 6.38. The van der Waals surface area contributed by atoms with Crippen LogP contribution < -0.4 is 5.73 Å². The largest absolute Gasteiger partial charge is 0.461 e. The summed E-state index contributed by atoms with van der Waals surface area (Å²) in [5.74, 6) is 1.46. The zero-order valence-electron chi connectivity index (χ0n) is 11.3. The van der Waals surface area contributed by atoms with Crippen LogP contribution in [0.1, 0.15) is 47.0 Å². The number of hydrogen-bond acceptors (Lipinski definition) is 3. The lowest BCUT2D eigenvalue weighted by Gasteiger charge is -2.37. The van der Waals surface area contributed by atoms with E-state index in [4.69, 9.17) is 10.5 Å². The van der Waals surface area contributed by atoms with E-state index < -0.39 is 6.04 Å². The average Bonchev–Trinajstić information content (AvgIpc) is 2.16. The molecule has 1 aliphatic rings. The molecule has 3 nitrogen and oxygen atoms in total. The van der Waals surface area contributed by atoms with Gasteiger partial charge in [0.05, 0.1) is 0 Å². The van der Waals surface area contributed by atoms with E-state index in [1.165, 1.54) is 6.42 Å². The number of ether oxygens (including phenoxy) is 1. The third-order valence-electron chi connectivity index (χ3n) is 3.60. The lowest BCUT2D eigenvalue weighted by molar-refractivity contribution is -0.157. The molecule has 17 heavy (non-hydrogen) atoms. The van der Waals surface area contributed by atoms with Gasteiger partial charge in [0.1, 0.15) is 12.1 Å². The molecule has 1 saturated carbocycles. The van der Waals surface area contributed by atoms with Crippen molar-refractivity contribution in [2.24, 2.45) is 23.5 Å². The minimum Gasteiger partial charge on any atom is -0.461 e. The highest BCUT2D eigenvalue weighted by molar-refractivity contribution is 5.85. The van der Waals surface area contributed by atoms with Crippen molar-refractivity contribution in [1.82, 2.24) is 0 Å². The Morgan fingerprint density at radius 2 is 1.88 bits per heavy atom. The van der Waals surface area contributed by atoms with E-state index in [-0.39, 0.29) is 24.5 Å². The number of esters is 1. The van der Waals surface area contributed by atoms with Crippen LogP contribution >= 0.6 is 12.4 Å². The molecule has 0 saturated heterocycles. The summed E-state index contributed by atoms with van der Waals surface area (Å²) >= 11 is 0. The van der Waals surface area contributed by atoms with Crippen LogP contribution in [0, 0.1) is 17.8 Å². The number of nitrogens with two attached hydrogens (primary N) is 1. The zero-order valence-corrected chi connectivity index (χ0v) is 12.1. The second-order valence-electron chi connectivity index (χ2n) is 5.59. The van der Waals surface area contributed by atoms with Gasteiger partial charge in [0.2, 0.25) is 0 Å². The molecule has 1 aliphatic carbocycles.